The molecule has 0 amide bonds. The minimum Gasteiger partial charge on any atom is -0.372 e. The third-order valence-corrected chi connectivity index (χ3v) is 3.52. The highest BCUT2D eigenvalue weighted by atomic mass is 79.9. The molecule has 1 unspecified atom stereocenters. The topological polar surface area (TPSA) is 9.23 Å². The fourth-order valence-electron chi connectivity index (χ4n) is 1.65. The highest BCUT2D eigenvalue weighted by Crippen LogP contribution is 2.18. The molecule has 0 aliphatic rings. The molecule has 0 saturated heterocycles. The molecular weight excluding hydrogens is 309 g/mol. The Kier molecular flexibility index (Phi) is 6.15. The number of alkyl halides is 4. The van der Waals surface area contributed by atoms with Crippen LogP contribution < -0.4 is 0 Å². The van der Waals surface area contributed by atoms with Crippen molar-refractivity contribution in [3.05, 3.63) is 35.4 Å². The summed E-state index contributed by atoms with van der Waals surface area (Å²) in [4.78, 5) is 0. The second-order valence-corrected chi connectivity index (χ2v) is 4.93. The van der Waals surface area contributed by atoms with Gasteiger partial charge in [0.2, 0.25) is 0 Å². The Bertz CT molecular complexity index is 365. The second kappa shape index (κ2) is 7.14. The van der Waals surface area contributed by atoms with Gasteiger partial charge in [-0.25, -0.2) is 0 Å². The van der Waals surface area contributed by atoms with Crippen LogP contribution >= 0.6 is 15.9 Å². The molecule has 1 aromatic rings. The molecule has 18 heavy (non-hydrogen) atoms. The number of halogens is 4. The Labute approximate surface area is 113 Å². The maximum atomic E-state index is 12.0. The van der Waals surface area contributed by atoms with Gasteiger partial charge in [-0.2, -0.15) is 13.2 Å². The van der Waals surface area contributed by atoms with Crippen LogP contribution in [0.2, 0.25) is 0 Å². The summed E-state index contributed by atoms with van der Waals surface area (Å²) in [5.41, 5.74) is 2.30. The molecular formula is C13H16BrF3O. The van der Waals surface area contributed by atoms with Crippen LogP contribution in [-0.2, 0) is 11.2 Å². The lowest BCUT2D eigenvalue weighted by molar-refractivity contribution is -0.176. The van der Waals surface area contributed by atoms with Gasteiger partial charge in [-0.05, 0) is 30.4 Å². The summed E-state index contributed by atoms with van der Waals surface area (Å²) in [5, 5.41) is 0.624. The smallest absolute Gasteiger partial charge is 0.372 e. The molecule has 0 fully saturated rings. The van der Waals surface area contributed by atoms with Crippen LogP contribution in [0, 0.1) is 12.8 Å². The van der Waals surface area contributed by atoms with E-state index in [4.69, 9.17) is 4.74 Å². The van der Waals surface area contributed by atoms with Crippen LogP contribution in [0.5, 0.6) is 0 Å². The summed E-state index contributed by atoms with van der Waals surface area (Å²) in [6.45, 7) is 0.931. The van der Waals surface area contributed by atoms with E-state index in [9.17, 15) is 13.2 Å². The van der Waals surface area contributed by atoms with Crippen LogP contribution in [0.3, 0.4) is 0 Å². The van der Waals surface area contributed by atoms with Crippen molar-refractivity contribution < 1.29 is 17.9 Å². The predicted molar refractivity (Wildman–Crippen MR) is 69.0 cm³/mol. The normalized spacial score (nSPS) is 13.6. The Morgan fingerprint density at radius 1 is 1.28 bits per heavy atom. The Balaban J connectivity index is 2.45. The Hall–Kier alpha value is -0.550. The van der Waals surface area contributed by atoms with Crippen LogP contribution in [0.25, 0.3) is 0 Å². The van der Waals surface area contributed by atoms with Gasteiger partial charge >= 0.3 is 6.18 Å². The molecule has 0 spiro atoms. The lowest BCUT2D eigenvalue weighted by Gasteiger charge is -2.16. The Morgan fingerprint density at radius 3 is 2.50 bits per heavy atom. The molecule has 1 rings (SSSR count). The number of hydrogen-bond donors (Lipinski definition) is 0. The van der Waals surface area contributed by atoms with Crippen molar-refractivity contribution in [1.82, 2.24) is 0 Å². The van der Waals surface area contributed by atoms with E-state index >= 15 is 0 Å². The van der Waals surface area contributed by atoms with Crippen LogP contribution in [-0.4, -0.2) is 24.7 Å². The van der Waals surface area contributed by atoms with Crippen molar-refractivity contribution in [2.24, 2.45) is 5.92 Å². The van der Waals surface area contributed by atoms with Crippen molar-refractivity contribution >= 4 is 15.9 Å². The van der Waals surface area contributed by atoms with Gasteiger partial charge in [0.25, 0.3) is 0 Å². The zero-order chi connectivity index (χ0) is 13.6. The molecule has 0 aliphatic carbocycles. The zero-order valence-corrected chi connectivity index (χ0v) is 11.7. The average Bonchev–Trinajstić information content (AvgIpc) is 2.29. The minimum absolute atomic E-state index is 0.0495. The Morgan fingerprint density at radius 2 is 1.94 bits per heavy atom. The first kappa shape index (κ1) is 15.5. The van der Waals surface area contributed by atoms with Crippen LogP contribution in [0.1, 0.15) is 11.1 Å². The van der Waals surface area contributed by atoms with E-state index in [1.54, 1.807) is 0 Å². The summed E-state index contributed by atoms with van der Waals surface area (Å²) in [5.74, 6) is 0.0495. The third-order valence-electron chi connectivity index (χ3n) is 2.61. The van der Waals surface area contributed by atoms with Crippen molar-refractivity contribution in [3.8, 4) is 0 Å². The summed E-state index contributed by atoms with van der Waals surface area (Å²) < 4.78 is 40.6. The van der Waals surface area contributed by atoms with E-state index in [1.165, 1.54) is 0 Å². The first-order chi connectivity index (χ1) is 8.42. The second-order valence-electron chi connectivity index (χ2n) is 4.28. The zero-order valence-electron chi connectivity index (χ0n) is 10.1. The van der Waals surface area contributed by atoms with Crippen molar-refractivity contribution in [1.29, 1.82) is 0 Å². The maximum absolute atomic E-state index is 12.0. The van der Waals surface area contributed by atoms with E-state index in [2.05, 4.69) is 15.9 Å². The molecule has 1 atom stereocenters. The van der Waals surface area contributed by atoms with Gasteiger partial charge in [0.1, 0.15) is 6.61 Å². The van der Waals surface area contributed by atoms with Gasteiger partial charge < -0.3 is 4.74 Å². The van der Waals surface area contributed by atoms with Crippen molar-refractivity contribution in [2.75, 3.05) is 18.5 Å². The van der Waals surface area contributed by atoms with Gasteiger partial charge in [-0.15, -0.1) is 0 Å². The van der Waals surface area contributed by atoms with E-state index in [1.807, 2.05) is 31.2 Å². The average molecular weight is 325 g/mol. The number of benzene rings is 1. The lowest BCUT2D eigenvalue weighted by Crippen LogP contribution is -2.22. The SMILES string of the molecule is Cc1ccccc1CC(CBr)COCC(F)(F)F. The largest absolute Gasteiger partial charge is 0.411 e. The van der Waals surface area contributed by atoms with Gasteiger partial charge in [-0.1, -0.05) is 40.2 Å². The van der Waals surface area contributed by atoms with E-state index in [0.717, 1.165) is 17.5 Å². The molecule has 0 radical (unpaired) electrons. The van der Waals surface area contributed by atoms with Crippen LogP contribution in [0.4, 0.5) is 13.2 Å². The fourth-order valence-corrected chi connectivity index (χ4v) is 2.07. The number of hydrogen-bond acceptors (Lipinski definition) is 1. The third kappa shape index (κ3) is 5.87. The van der Waals surface area contributed by atoms with E-state index in [0.29, 0.717) is 5.33 Å². The predicted octanol–water partition coefficient (Wildman–Crippen LogP) is 4.13. The van der Waals surface area contributed by atoms with Crippen molar-refractivity contribution in [3.63, 3.8) is 0 Å². The standard InChI is InChI=1S/C13H16BrF3O/c1-10-4-2-3-5-12(10)6-11(7-14)8-18-9-13(15,16)17/h2-5,11H,6-9H2,1H3. The molecule has 5 heteroatoms. The van der Waals surface area contributed by atoms with E-state index < -0.39 is 12.8 Å². The number of rotatable bonds is 6. The molecule has 0 saturated carbocycles. The highest BCUT2D eigenvalue weighted by molar-refractivity contribution is 9.09. The molecule has 1 nitrogen and oxygen atoms in total. The molecule has 0 aromatic heterocycles. The van der Waals surface area contributed by atoms with E-state index in [-0.39, 0.29) is 12.5 Å². The minimum atomic E-state index is -4.25. The molecule has 0 heterocycles. The van der Waals surface area contributed by atoms with Gasteiger partial charge in [-0.3, -0.25) is 0 Å². The van der Waals surface area contributed by atoms with Crippen LogP contribution in [0.15, 0.2) is 24.3 Å². The quantitative estimate of drug-likeness (QED) is 0.715. The van der Waals surface area contributed by atoms with Gasteiger partial charge in [0.05, 0.1) is 6.61 Å². The van der Waals surface area contributed by atoms with Crippen molar-refractivity contribution in [2.45, 2.75) is 19.5 Å². The molecule has 0 aliphatic heterocycles. The lowest BCUT2D eigenvalue weighted by atomic mass is 9.98. The monoisotopic (exact) mass is 324 g/mol. The summed E-state index contributed by atoms with van der Waals surface area (Å²) in [6, 6.07) is 7.87. The fraction of sp³-hybridized carbons (Fsp3) is 0.538. The number of ether oxygens (including phenoxy) is 1. The summed E-state index contributed by atoms with van der Waals surface area (Å²) in [7, 11) is 0. The molecule has 0 bridgehead atoms. The summed E-state index contributed by atoms with van der Waals surface area (Å²) >= 11 is 3.32. The summed E-state index contributed by atoms with van der Waals surface area (Å²) in [6.07, 6.45) is -3.53. The maximum Gasteiger partial charge on any atom is 0.411 e. The first-order valence-electron chi connectivity index (χ1n) is 5.67. The highest BCUT2D eigenvalue weighted by Gasteiger charge is 2.27. The number of aryl methyl sites for hydroxylation is 1. The first-order valence-corrected chi connectivity index (χ1v) is 6.79. The molecule has 1 aromatic carbocycles. The molecule has 0 N–H and O–H groups in total. The molecule has 102 valence electrons. The van der Waals surface area contributed by atoms with Gasteiger partial charge in [0, 0.05) is 5.33 Å². The van der Waals surface area contributed by atoms with Gasteiger partial charge in [0.15, 0.2) is 0 Å².